The molecule has 0 bridgehead atoms. The highest BCUT2D eigenvalue weighted by molar-refractivity contribution is 6.60. The summed E-state index contributed by atoms with van der Waals surface area (Å²) in [5.41, 5.74) is 0. The molecule has 164 valence electrons. The molecule has 0 rings (SSSR count). The van der Waals surface area contributed by atoms with Crippen molar-refractivity contribution in [3.05, 3.63) is 0 Å². The van der Waals surface area contributed by atoms with Gasteiger partial charge in [0.1, 0.15) is 0 Å². The molecule has 0 unspecified atom stereocenters. The van der Waals surface area contributed by atoms with Gasteiger partial charge in [0.15, 0.2) is 0 Å². The zero-order valence-corrected chi connectivity index (χ0v) is 19.3. The lowest BCUT2D eigenvalue weighted by Gasteiger charge is -2.30. The molecule has 0 aromatic carbocycles. The first-order valence-electron chi connectivity index (χ1n) is 10.5. The lowest BCUT2D eigenvalue weighted by molar-refractivity contribution is 0.00296. The van der Waals surface area contributed by atoms with Gasteiger partial charge in [0, 0.05) is 25.9 Å². The van der Waals surface area contributed by atoms with Gasteiger partial charge in [-0.2, -0.15) is 0 Å². The first-order chi connectivity index (χ1) is 13.2. The Morgan fingerprint density at radius 2 is 1.00 bits per heavy atom. The van der Waals surface area contributed by atoms with E-state index in [4.69, 9.17) is 27.5 Å². The molecule has 7 nitrogen and oxygen atoms in total. The number of hydrogen-bond donors (Lipinski definition) is 0. The van der Waals surface area contributed by atoms with E-state index in [1.54, 1.807) is 0 Å². The van der Waals surface area contributed by atoms with Gasteiger partial charge in [0.25, 0.3) is 0 Å². The Morgan fingerprint density at radius 3 is 1.33 bits per heavy atom. The molecule has 0 aromatic rings. The predicted molar refractivity (Wildman–Crippen MR) is 110 cm³/mol. The minimum absolute atomic E-state index is 0.481. The van der Waals surface area contributed by atoms with Gasteiger partial charge in [0.05, 0.1) is 39.6 Å². The number of hydrogen-bond acceptors (Lipinski definition) is 7. The van der Waals surface area contributed by atoms with Crippen molar-refractivity contribution in [1.29, 1.82) is 0 Å². The summed E-state index contributed by atoms with van der Waals surface area (Å²) in [6, 6.07) is 0.786. The third kappa shape index (κ3) is 14.6. The molecule has 0 spiro atoms. The molecule has 0 N–H and O–H groups in total. The Bertz CT molecular complexity index is 277. The van der Waals surface area contributed by atoms with Crippen LogP contribution in [-0.2, 0) is 27.5 Å². The topological polar surface area (TPSA) is 58.6 Å². The summed E-state index contributed by atoms with van der Waals surface area (Å²) in [7, 11) is -2.80. The van der Waals surface area contributed by atoms with Crippen LogP contribution in [0.15, 0.2) is 0 Å². The lowest BCUT2D eigenvalue weighted by atomic mass is 10.4. The van der Waals surface area contributed by atoms with Gasteiger partial charge < -0.3 is 32.4 Å². The van der Waals surface area contributed by atoms with Crippen LogP contribution in [0.1, 0.15) is 41.0 Å². The van der Waals surface area contributed by atoms with Crippen molar-refractivity contribution in [1.82, 2.24) is 4.90 Å². The van der Waals surface area contributed by atoms with E-state index in [9.17, 15) is 0 Å². The normalized spacial score (nSPS) is 12.2. The fraction of sp³-hybridized carbons (Fsp3) is 1.00. The third-order valence-corrected chi connectivity index (χ3v) is 7.01. The van der Waals surface area contributed by atoms with Crippen molar-refractivity contribution in [3.63, 3.8) is 0 Å². The van der Waals surface area contributed by atoms with Crippen LogP contribution in [-0.4, -0.2) is 92.8 Å². The molecule has 0 saturated heterocycles. The zero-order valence-electron chi connectivity index (χ0n) is 18.3. The maximum absolute atomic E-state index is 6.18. The largest absolute Gasteiger partial charge is 0.501 e. The molecule has 0 aliphatic carbocycles. The molecule has 0 fully saturated rings. The fourth-order valence-electron chi connectivity index (χ4n) is 2.60. The minimum Gasteiger partial charge on any atom is -0.379 e. The second-order valence-corrected chi connectivity index (χ2v) is 8.68. The Kier molecular flexibility index (Phi) is 19.2. The lowest BCUT2D eigenvalue weighted by Crippen LogP contribution is -2.48. The highest BCUT2D eigenvalue weighted by atomic mass is 28.4. The second-order valence-electron chi connectivity index (χ2n) is 5.95. The molecular formula is C19H43NO6Si. The Labute approximate surface area is 168 Å². The van der Waals surface area contributed by atoms with Crippen LogP contribution in [0.5, 0.6) is 0 Å². The van der Waals surface area contributed by atoms with Gasteiger partial charge in [-0.1, -0.05) is 13.8 Å². The zero-order chi connectivity index (χ0) is 20.2. The molecule has 0 atom stereocenters. The Hall–Kier alpha value is -0.0631. The van der Waals surface area contributed by atoms with Gasteiger partial charge in [-0.3, -0.25) is 0 Å². The molecule has 0 aliphatic rings. The molecule has 0 amide bonds. The predicted octanol–water partition coefficient (Wildman–Crippen LogP) is 2.82. The Morgan fingerprint density at radius 1 is 0.593 bits per heavy atom. The van der Waals surface area contributed by atoms with E-state index in [2.05, 4.69) is 18.7 Å². The molecule has 0 aromatic heterocycles. The average molecular weight is 410 g/mol. The van der Waals surface area contributed by atoms with Crippen LogP contribution in [0.4, 0.5) is 0 Å². The van der Waals surface area contributed by atoms with Crippen LogP contribution in [0.3, 0.4) is 0 Å². The van der Waals surface area contributed by atoms with E-state index < -0.39 is 8.80 Å². The fourth-order valence-corrected chi connectivity index (χ4v) is 5.06. The Balaban J connectivity index is 4.80. The maximum Gasteiger partial charge on any atom is 0.501 e. The number of ether oxygens (including phenoxy) is 3. The van der Waals surface area contributed by atoms with Gasteiger partial charge in [0.2, 0.25) is 0 Å². The second kappa shape index (κ2) is 19.3. The highest BCUT2D eigenvalue weighted by Gasteiger charge is 2.41. The molecule has 0 aliphatic heterocycles. The summed E-state index contributed by atoms with van der Waals surface area (Å²) in [4.78, 5) is 2.40. The van der Waals surface area contributed by atoms with Crippen LogP contribution in [0.2, 0.25) is 6.04 Å². The molecule has 27 heavy (non-hydrogen) atoms. The summed E-state index contributed by atoms with van der Waals surface area (Å²) >= 11 is 0. The van der Waals surface area contributed by atoms with Crippen molar-refractivity contribution < 1.29 is 27.5 Å². The summed E-state index contributed by atoms with van der Waals surface area (Å²) < 4.78 is 34.8. The molecule has 0 heterocycles. The molecule has 0 radical (unpaired) electrons. The van der Waals surface area contributed by atoms with Crippen LogP contribution in [0, 0.1) is 0 Å². The number of nitrogens with zero attached hydrogens (tertiary/aromatic N) is 1. The molecule has 8 heteroatoms. The summed E-state index contributed by atoms with van der Waals surface area (Å²) in [5, 5.41) is 0. The van der Waals surface area contributed by atoms with Gasteiger partial charge >= 0.3 is 8.80 Å². The van der Waals surface area contributed by atoms with Gasteiger partial charge in [-0.25, -0.2) is 0 Å². The van der Waals surface area contributed by atoms with Crippen LogP contribution < -0.4 is 0 Å². The minimum atomic E-state index is -2.80. The van der Waals surface area contributed by atoms with E-state index in [1.807, 2.05) is 20.8 Å². The van der Waals surface area contributed by atoms with E-state index in [-0.39, 0.29) is 0 Å². The van der Waals surface area contributed by atoms with E-state index >= 15 is 0 Å². The maximum atomic E-state index is 6.18. The quantitative estimate of drug-likeness (QED) is 0.213. The smallest absolute Gasteiger partial charge is 0.379 e. The van der Waals surface area contributed by atoms with Crippen molar-refractivity contribution in [3.8, 4) is 0 Å². The standard InChI is InChI=1S/C19H43NO6Si/c1-6-20(7-2)12-11-19-27(24-16-13-21-8-3,25-17-14-22-9-4)26-18-15-23-10-5/h6-19H2,1-5H3. The SMILES string of the molecule is CCOCCO[Si](CCCN(CC)CC)(OCCOCC)OCCOCC. The number of rotatable bonds is 21. The monoisotopic (exact) mass is 409 g/mol. The van der Waals surface area contributed by atoms with Crippen LogP contribution in [0.25, 0.3) is 0 Å². The first kappa shape index (κ1) is 26.9. The van der Waals surface area contributed by atoms with Crippen molar-refractivity contribution in [2.75, 3.05) is 79.1 Å². The van der Waals surface area contributed by atoms with Crippen LogP contribution >= 0.6 is 0 Å². The van der Waals surface area contributed by atoms with Gasteiger partial charge in [-0.05, 0) is 46.8 Å². The third-order valence-electron chi connectivity index (χ3n) is 4.11. The van der Waals surface area contributed by atoms with Crippen molar-refractivity contribution in [2.45, 2.75) is 47.1 Å². The van der Waals surface area contributed by atoms with E-state index in [0.717, 1.165) is 32.1 Å². The average Bonchev–Trinajstić information content (AvgIpc) is 2.69. The van der Waals surface area contributed by atoms with Crippen molar-refractivity contribution in [2.24, 2.45) is 0 Å². The summed E-state index contributed by atoms with van der Waals surface area (Å²) in [6.45, 7) is 18.5. The van der Waals surface area contributed by atoms with E-state index in [0.29, 0.717) is 59.5 Å². The highest BCUT2D eigenvalue weighted by Crippen LogP contribution is 2.19. The summed E-state index contributed by atoms with van der Waals surface area (Å²) in [5.74, 6) is 0. The molecule has 0 saturated carbocycles. The van der Waals surface area contributed by atoms with Crippen molar-refractivity contribution >= 4 is 8.80 Å². The molecular weight excluding hydrogens is 366 g/mol. The first-order valence-corrected chi connectivity index (χ1v) is 12.5. The summed E-state index contributed by atoms with van der Waals surface area (Å²) in [6.07, 6.45) is 0.978. The van der Waals surface area contributed by atoms with E-state index in [1.165, 1.54) is 0 Å². The van der Waals surface area contributed by atoms with Gasteiger partial charge in [-0.15, -0.1) is 0 Å².